The summed E-state index contributed by atoms with van der Waals surface area (Å²) in [5.41, 5.74) is 0.108. The van der Waals surface area contributed by atoms with Gasteiger partial charge in [-0.2, -0.15) is 18.3 Å². The Hall–Kier alpha value is -4.05. The molecule has 2 heterocycles. The number of carbonyl (C=O) groups is 2. The molecule has 2 aromatic heterocycles. The first-order valence-electron chi connectivity index (χ1n) is 9.40. The van der Waals surface area contributed by atoms with Crippen LogP contribution < -0.4 is 10.6 Å². The number of anilines is 2. The number of hydrogen-bond acceptors (Lipinski definition) is 4. The number of alkyl halides is 3. The van der Waals surface area contributed by atoms with Crippen LogP contribution in [0.15, 0.2) is 77.5 Å². The number of benzene rings is 2. The molecule has 0 aliphatic heterocycles. The SMILES string of the molecule is O=C(Nc1ccc(Cl)cc1NC(=O)c1ccco1)c1ccc(-n2ccc(C(F)(F)F)n2)cc1. The van der Waals surface area contributed by atoms with Crippen LogP contribution >= 0.6 is 11.6 Å². The molecule has 168 valence electrons. The molecule has 0 fully saturated rings. The van der Waals surface area contributed by atoms with Crippen LogP contribution in [0.3, 0.4) is 0 Å². The topological polar surface area (TPSA) is 89.2 Å². The lowest BCUT2D eigenvalue weighted by Gasteiger charge is -2.13. The van der Waals surface area contributed by atoms with Crippen molar-refractivity contribution in [3.8, 4) is 5.69 Å². The Morgan fingerprint density at radius 1 is 0.939 bits per heavy atom. The molecular formula is C22H14ClF3N4O3. The number of nitrogens with zero attached hydrogens (tertiary/aromatic N) is 2. The second-order valence-electron chi connectivity index (χ2n) is 6.77. The van der Waals surface area contributed by atoms with Crippen molar-refractivity contribution in [2.24, 2.45) is 0 Å². The van der Waals surface area contributed by atoms with Gasteiger partial charge >= 0.3 is 6.18 Å². The van der Waals surface area contributed by atoms with Gasteiger partial charge in [-0.05, 0) is 60.7 Å². The van der Waals surface area contributed by atoms with E-state index in [0.29, 0.717) is 10.7 Å². The highest BCUT2D eigenvalue weighted by Crippen LogP contribution is 2.29. The van der Waals surface area contributed by atoms with Gasteiger partial charge in [0.1, 0.15) is 0 Å². The smallest absolute Gasteiger partial charge is 0.435 e. The van der Waals surface area contributed by atoms with Gasteiger partial charge in [0.05, 0.1) is 23.3 Å². The van der Waals surface area contributed by atoms with Gasteiger partial charge < -0.3 is 15.1 Å². The molecule has 0 aliphatic rings. The summed E-state index contributed by atoms with van der Waals surface area (Å²) in [4.78, 5) is 25.0. The number of furan rings is 1. The number of hydrogen-bond donors (Lipinski definition) is 2. The van der Waals surface area contributed by atoms with Crippen molar-refractivity contribution in [3.05, 3.63) is 95.2 Å². The van der Waals surface area contributed by atoms with Crippen molar-refractivity contribution in [1.29, 1.82) is 0 Å². The van der Waals surface area contributed by atoms with Crippen LogP contribution in [0.1, 0.15) is 26.6 Å². The number of aromatic nitrogens is 2. The van der Waals surface area contributed by atoms with Crippen molar-refractivity contribution in [1.82, 2.24) is 9.78 Å². The fourth-order valence-corrected chi connectivity index (χ4v) is 3.07. The fraction of sp³-hybridized carbons (Fsp3) is 0.0455. The third-order valence-electron chi connectivity index (χ3n) is 4.50. The summed E-state index contributed by atoms with van der Waals surface area (Å²) < 4.78 is 44.3. The van der Waals surface area contributed by atoms with E-state index in [9.17, 15) is 22.8 Å². The first-order valence-corrected chi connectivity index (χ1v) is 9.77. The van der Waals surface area contributed by atoms with Gasteiger partial charge in [-0.3, -0.25) is 9.59 Å². The molecule has 0 aliphatic carbocycles. The molecule has 2 aromatic carbocycles. The quantitative estimate of drug-likeness (QED) is 0.391. The second kappa shape index (κ2) is 8.83. The summed E-state index contributed by atoms with van der Waals surface area (Å²) in [6.45, 7) is 0. The second-order valence-corrected chi connectivity index (χ2v) is 7.20. The minimum atomic E-state index is -4.55. The summed E-state index contributed by atoms with van der Waals surface area (Å²) in [6, 6.07) is 14.2. The molecule has 7 nitrogen and oxygen atoms in total. The fourth-order valence-electron chi connectivity index (χ4n) is 2.90. The number of nitrogens with one attached hydrogen (secondary N) is 2. The van der Waals surface area contributed by atoms with E-state index in [2.05, 4.69) is 15.7 Å². The molecule has 2 N–H and O–H groups in total. The molecular weight excluding hydrogens is 461 g/mol. The van der Waals surface area contributed by atoms with Gasteiger partial charge in [0, 0.05) is 16.8 Å². The molecule has 4 rings (SSSR count). The van der Waals surface area contributed by atoms with E-state index in [1.165, 1.54) is 54.9 Å². The molecule has 33 heavy (non-hydrogen) atoms. The van der Waals surface area contributed by atoms with Crippen LogP contribution in [0.2, 0.25) is 5.02 Å². The van der Waals surface area contributed by atoms with Crippen LogP contribution in [-0.4, -0.2) is 21.6 Å². The monoisotopic (exact) mass is 474 g/mol. The summed E-state index contributed by atoms with van der Waals surface area (Å²) in [5.74, 6) is -0.955. The summed E-state index contributed by atoms with van der Waals surface area (Å²) >= 11 is 6.02. The van der Waals surface area contributed by atoms with Gasteiger partial charge in [0.15, 0.2) is 11.5 Å². The van der Waals surface area contributed by atoms with E-state index in [0.717, 1.165) is 10.7 Å². The molecule has 0 unspecified atom stereocenters. The average Bonchev–Trinajstić information content (AvgIpc) is 3.48. The van der Waals surface area contributed by atoms with E-state index < -0.39 is 23.7 Å². The molecule has 2 amide bonds. The minimum absolute atomic E-state index is 0.0788. The predicted octanol–water partition coefficient (Wildman–Crippen LogP) is 5.64. The number of amides is 2. The molecule has 0 atom stereocenters. The first-order chi connectivity index (χ1) is 15.7. The maximum atomic E-state index is 12.7. The van der Waals surface area contributed by atoms with Crippen LogP contribution in [0.25, 0.3) is 5.69 Å². The largest absolute Gasteiger partial charge is 0.459 e. The van der Waals surface area contributed by atoms with Crippen LogP contribution in [0.5, 0.6) is 0 Å². The molecule has 0 radical (unpaired) electrons. The van der Waals surface area contributed by atoms with E-state index in [1.54, 1.807) is 12.1 Å². The Balaban J connectivity index is 1.50. The average molecular weight is 475 g/mol. The van der Waals surface area contributed by atoms with Crippen molar-refractivity contribution >= 4 is 34.8 Å². The molecule has 4 aromatic rings. The van der Waals surface area contributed by atoms with Crippen LogP contribution in [0.4, 0.5) is 24.5 Å². The lowest BCUT2D eigenvalue weighted by Crippen LogP contribution is -2.16. The number of carbonyl (C=O) groups excluding carboxylic acids is 2. The van der Waals surface area contributed by atoms with Gasteiger partial charge in [-0.25, -0.2) is 4.68 Å². The standard InChI is InChI=1S/C22H14ClF3N4O3/c23-14-5-8-16(17(12-14)28-21(32)18-2-1-11-33-18)27-20(31)13-3-6-15(7-4-13)30-10-9-19(29-30)22(24,25)26/h1-12H,(H,27,31)(H,28,32). The first kappa shape index (κ1) is 22.2. The zero-order valence-electron chi connectivity index (χ0n) is 16.6. The Morgan fingerprint density at radius 2 is 1.67 bits per heavy atom. The predicted molar refractivity (Wildman–Crippen MR) is 115 cm³/mol. The van der Waals surface area contributed by atoms with Crippen LogP contribution in [0, 0.1) is 0 Å². The maximum absolute atomic E-state index is 12.7. The normalized spacial score (nSPS) is 11.3. The van der Waals surface area contributed by atoms with Crippen molar-refractivity contribution in [3.63, 3.8) is 0 Å². The maximum Gasteiger partial charge on any atom is 0.435 e. The zero-order valence-corrected chi connectivity index (χ0v) is 17.3. The number of halogens is 4. The van der Waals surface area contributed by atoms with Crippen molar-refractivity contribution in [2.45, 2.75) is 6.18 Å². The molecule has 0 spiro atoms. The van der Waals surface area contributed by atoms with Gasteiger partial charge in [0.2, 0.25) is 0 Å². The lowest BCUT2D eigenvalue weighted by molar-refractivity contribution is -0.141. The molecule has 11 heteroatoms. The Morgan fingerprint density at radius 3 is 2.30 bits per heavy atom. The van der Waals surface area contributed by atoms with Crippen molar-refractivity contribution in [2.75, 3.05) is 10.6 Å². The third kappa shape index (κ3) is 5.07. The molecule has 0 saturated heterocycles. The Bertz CT molecular complexity index is 1300. The highest BCUT2D eigenvalue weighted by molar-refractivity contribution is 6.31. The zero-order chi connectivity index (χ0) is 23.6. The molecule has 0 bridgehead atoms. The van der Waals surface area contributed by atoms with Crippen molar-refractivity contribution < 1.29 is 27.2 Å². The summed E-state index contributed by atoms with van der Waals surface area (Å²) in [5, 5.41) is 9.12. The summed E-state index contributed by atoms with van der Waals surface area (Å²) in [7, 11) is 0. The molecule has 0 saturated carbocycles. The Labute approximate surface area is 189 Å². The van der Waals surface area contributed by atoms with E-state index >= 15 is 0 Å². The van der Waals surface area contributed by atoms with E-state index in [1.807, 2.05) is 0 Å². The van der Waals surface area contributed by atoms with Gasteiger partial charge in [-0.1, -0.05) is 11.6 Å². The Kier molecular flexibility index (Phi) is 5.93. The van der Waals surface area contributed by atoms with E-state index in [4.69, 9.17) is 16.0 Å². The lowest BCUT2D eigenvalue weighted by atomic mass is 10.1. The number of rotatable bonds is 5. The van der Waals surface area contributed by atoms with E-state index in [-0.39, 0.29) is 22.7 Å². The highest BCUT2D eigenvalue weighted by atomic mass is 35.5. The summed E-state index contributed by atoms with van der Waals surface area (Å²) in [6.07, 6.45) is -2.01. The van der Waals surface area contributed by atoms with Gasteiger partial charge in [-0.15, -0.1) is 0 Å². The van der Waals surface area contributed by atoms with Crippen LogP contribution in [-0.2, 0) is 6.18 Å². The third-order valence-corrected chi connectivity index (χ3v) is 4.73. The minimum Gasteiger partial charge on any atom is -0.459 e. The van der Waals surface area contributed by atoms with Gasteiger partial charge in [0.25, 0.3) is 11.8 Å². The highest BCUT2D eigenvalue weighted by Gasteiger charge is 2.33.